The summed E-state index contributed by atoms with van der Waals surface area (Å²) in [5, 5.41) is 0. The first-order chi connectivity index (χ1) is 6.97. The Morgan fingerprint density at radius 1 is 1.60 bits per heavy atom. The van der Waals surface area contributed by atoms with E-state index < -0.39 is 6.03 Å². The Morgan fingerprint density at radius 3 is 2.67 bits per heavy atom. The average molecular weight is 293 g/mol. The minimum atomic E-state index is -0.731. The first kappa shape index (κ1) is 12.1. The van der Waals surface area contributed by atoms with Crippen molar-refractivity contribution in [2.45, 2.75) is 6.92 Å². The summed E-state index contributed by atoms with van der Waals surface area (Å²) in [5.74, 6) is 0.225. The molecule has 6 nitrogen and oxygen atoms in total. The number of primary amides is 1. The maximum atomic E-state index is 11.0. The van der Waals surface area contributed by atoms with Gasteiger partial charge in [0.1, 0.15) is 5.69 Å². The Labute approximate surface area is 100 Å². The van der Waals surface area contributed by atoms with E-state index in [4.69, 9.17) is 10.5 Å². The highest BCUT2D eigenvalue weighted by atomic mass is 79.9. The van der Waals surface area contributed by atoms with Gasteiger partial charge in [-0.05, 0) is 22.9 Å². The molecule has 1 heterocycles. The van der Waals surface area contributed by atoms with Gasteiger partial charge in [0.25, 0.3) is 0 Å². The summed E-state index contributed by atoms with van der Waals surface area (Å²) >= 11 is 7.04. The smallest absolute Gasteiger partial charge is 0.329 e. The molecule has 0 aliphatic carbocycles. The van der Waals surface area contributed by atoms with E-state index in [9.17, 15) is 4.79 Å². The molecule has 15 heavy (non-hydrogen) atoms. The molecule has 0 saturated carbocycles. The topological polar surface area (TPSA) is 81.3 Å². The molecular formula is C7H9BrN4O2S. The minimum Gasteiger partial charge on any atom is -0.479 e. The average Bonchev–Trinajstić information content (AvgIpc) is 2.15. The molecule has 2 amide bonds. The van der Waals surface area contributed by atoms with Gasteiger partial charge in [-0.15, -0.1) is 0 Å². The lowest BCUT2D eigenvalue weighted by Gasteiger charge is -2.17. The predicted molar refractivity (Wildman–Crippen MR) is 62.1 cm³/mol. The maximum Gasteiger partial charge on any atom is 0.329 e. The molecule has 0 fully saturated rings. The number of thiol groups is 1. The van der Waals surface area contributed by atoms with Crippen LogP contribution in [0.15, 0.2) is 4.73 Å². The first-order valence-corrected chi connectivity index (χ1v) is 5.03. The number of rotatable bonds is 2. The molecular weight excluding hydrogens is 284 g/mol. The van der Waals surface area contributed by atoms with Crippen LogP contribution in [-0.2, 0) is 0 Å². The Kier molecular flexibility index (Phi) is 3.75. The van der Waals surface area contributed by atoms with Crippen molar-refractivity contribution in [3.05, 3.63) is 10.4 Å². The van der Waals surface area contributed by atoms with Crippen molar-refractivity contribution >= 4 is 40.5 Å². The molecule has 0 atom stereocenters. The highest BCUT2D eigenvalue weighted by Gasteiger charge is 2.19. The van der Waals surface area contributed by atoms with E-state index in [1.54, 1.807) is 6.92 Å². The zero-order valence-corrected chi connectivity index (χ0v) is 10.5. The van der Waals surface area contributed by atoms with Gasteiger partial charge in [-0.3, -0.25) is 0 Å². The van der Waals surface area contributed by atoms with Crippen LogP contribution >= 0.6 is 28.7 Å². The minimum absolute atomic E-state index is 0.225. The van der Waals surface area contributed by atoms with Gasteiger partial charge in [0.05, 0.1) is 12.8 Å². The van der Waals surface area contributed by atoms with Crippen LogP contribution in [0.1, 0.15) is 5.69 Å². The fourth-order valence-corrected chi connectivity index (χ4v) is 1.66. The van der Waals surface area contributed by atoms with Gasteiger partial charge in [0.2, 0.25) is 5.88 Å². The van der Waals surface area contributed by atoms with E-state index in [1.807, 2.05) is 0 Å². The van der Waals surface area contributed by atoms with Crippen LogP contribution in [0.3, 0.4) is 0 Å². The van der Waals surface area contributed by atoms with E-state index >= 15 is 0 Å². The highest BCUT2D eigenvalue weighted by Crippen LogP contribution is 2.31. The molecule has 0 aromatic carbocycles. The lowest BCUT2D eigenvalue weighted by molar-refractivity contribution is 0.257. The van der Waals surface area contributed by atoms with Gasteiger partial charge < -0.3 is 10.5 Å². The summed E-state index contributed by atoms with van der Waals surface area (Å²) in [6, 6.07) is -0.731. The Morgan fingerprint density at radius 2 is 2.20 bits per heavy atom. The monoisotopic (exact) mass is 292 g/mol. The fourth-order valence-electron chi connectivity index (χ4n) is 1.00. The van der Waals surface area contributed by atoms with Gasteiger partial charge in [0.15, 0.2) is 4.73 Å². The normalized spacial score (nSPS) is 9.87. The SMILES string of the molecule is COc1nc(Br)nc(C)c1N(S)C(N)=O. The number of anilines is 1. The van der Waals surface area contributed by atoms with Crippen molar-refractivity contribution in [2.75, 3.05) is 11.4 Å². The largest absolute Gasteiger partial charge is 0.479 e. The number of hydrogen-bond acceptors (Lipinski definition) is 5. The molecule has 82 valence electrons. The van der Waals surface area contributed by atoms with Crippen LogP contribution in [0.4, 0.5) is 10.5 Å². The molecule has 1 aromatic heterocycles. The number of ether oxygens (including phenoxy) is 1. The second-order valence-corrected chi connectivity index (χ2v) is 3.70. The van der Waals surface area contributed by atoms with Crippen molar-refractivity contribution in [3.63, 3.8) is 0 Å². The summed E-state index contributed by atoms with van der Waals surface area (Å²) in [6.45, 7) is 1.69. The van der Waals surface area contributed by atoms with E-state index in [0.29, 0.717) is 16.1 Å². The standard InChI is InChI=1S/C7H9BrN4O2S/c1-3-4(12(15)7(9)13)5(14-2)11-6(8)10-3/h15H,1-2H3,(H2,9,13). The van der Waals surface area contributed by atoms with Crippen LogP contribution in [0.5, 0.6) is 5.88 Å². The summed E-state index contributed by atoms with van der Waals surface area (Å²) in [5.41, 5.74) is 5.95. The number of methoxy groups -OCH3 is 1. The molecule has 0 saturated heterocycles. The number of aromatic nitrogens is 2. The number of urea groups is 1. The number of nitrogens with two attached hydrogens (primary N) is 1. The molecule has 0 unspecified atom stereocenters. The zero-order valence-electron chi connectivity index (χ0n) is 8.06. The van der Waals surface area contributed by atoms with Crippen LogP contribution in [0.2, 0.25) is 0 Å². The fraction of sp³-hybridized carbons (Fsp3) is 0.286. The number of amides is 2. The van der Waals surface area contributed by atoms with Gasteiger partial charge in [-0.2, -0.15) is 4.98 Å². The van der Waals surface area contributed by atoms with Crippen molar-refractivity contribution in [1.82, 2.24) is 9.97 Å². The van der Waals surface area contributed by atoms with Gasteiger partial charge in [0, 0.05) is 0 Å². The van der Waals surface area contributed by atoms with E-state index in [2.05, 4.69) is 38.7 Å². The Bertz CT molecular complexity index is 401. The van der Waals surface area contributed by atoms with E-state index in [-0.39, 0.29) is 5.88 Å². The molecule has 8 heteroatoms. The second-order valence-electron chi connectivity index (χ2n) is 2.59. The van der Waals surface area contributed by atoms with Crippen LogP contribution < -0.4 is 14.8 Å². The van der Waals surface area contributed by atoms with E-state index in [0.717, 1.165) is 4.31 Å². The summed E-state index contributed by atoms with van der Waals surface area (Å²) in [6.07, 6.45) is 0. The van der Waals surface area contributed by atoms with Crippen LogP contribution in [0, 0.1) is 6.92 Å². The van der Waals surface area contributed by atoms with Crippen LogP contribution in [-0.4, -0.2) is 23.1 Å². The van der Waals surface area contributed by atoms with Crippen LogP contribution in [0.25, 0.3) is 0 Å². The quantitative estimate of drug-likeness (QED) is 0.636. The lowest BCUT2D eigenvalue weighted by Crippen LogP contribution is -2.28. The summed E-state index contributed by atoms with van der Waals surface area (Å²) < 4.78 is 6.30. The molecule has 2 N–H and O–H groups in total. The van der Waals surface area contributed by atoms with Crippen molar-refractivity contribution in [3.8, 4) is 5.88 Å². The third-order valence-electron chi connectivity index (χ3n) is 1.61. The molecule has 0 bridgehead atoms. The summed E-state index contributed by atoms with van der Waals surface area (Å²) in [4.78, 5) is 18.9. The van der Waals surface area contributed by atoms with Gasteiger partial charge >= 0.3 is 6.03 Å². The highest BCUT2D eigenvalue weighted by molar-refractivity contribution is 9.10. The van der Waals surface area contributed by atoms with Crippen molar-refractivity contribution in [1.29, 1.82) is 0 Å². The number of nitrogens with zero attached hydrogens (tertiary/aromatic N) is 3. The Balaban J connectivity index is 3.32. The molecule has 0 spiro atoms. The molecule has 0 radical (unpaired) electrons. The van der Waals surface area contributed by atoms with Crippen molar-refractivity contribution in [2.24, 2.45) is 5.73 Å². The second kappa shape index (κ2) is 4.67. The molecule has 1 rings (SSSR count). The predicted octanol–water partition coefficient (Wildman–Crippen LogP) is 1.29. The molecule has 0 aliphatic heterocycles. The third kappa shape index (κ3) is 2.51. The van der Waals surface area contributed by atoms with Crippen molar-refractivity contribution < 1.29 is 9.53 Å². The Hall–Kier alpha value is -1.02. The molecule has 1 aromatic rings. The number of halogens is 1. The van der Waals surface area contributed by atoms with Gasteiger partial charge in [-0.25, -0.2) is 14.1 Å². The number of aryl methyl sites for hydroxylation is 1. The summed E-state index contributed by atoms with van der Waals surface area (Å²) in [7, 11) is 1.43. The molecule has 0 aliphatic rings. The van der Waals surface area contributed by atoms with E-state index in [1.165, 1.54) is 7.11 Å². The zero-order chi connectivity index (χ0) is 11.6. The third-order valence-corrected chi connectivity index (χ3v) is 2.36. The number of carbonyl (C=O) groups is 1. The lowest BCUT2D eigenvalue weighted by atomic mass is 10.3. The number of hydrogen-bond donors (Lipinski definition) is 2. The number of carbonyl (C=O) groups excluding carboxylic acids is 1. The first-order valence-electron chi connectivity index (χ1n) is 3.84. The van der Waals surface area contributed by atoms with Gasteiger partial charge in [-0.1, -0.05) is 12.8 Å². The maximum absolute atomic E-state index is 11.0.